The molecule has 4 heteroatoms. The van der Waals surface area contributed by atoms with Crippen molar-refractivity contribution in [3.8, 4) is 0 Å². The van der Waals surface area contributed by atoms with E-state index in [0.717, 1.165) is 19.4 Å². The second-order valence-electron chi connectivity index (χ2n) is 6.16. The zero-order valence-corrected chi connectivity index (χ0v) is 11.6. The average Bonchev–Trinajstić information content (AvgIpc) is 3.04. The van der Waals surface area contributed by atoms with E-state index in [4.69, 9.17) is 4.74 Å². The molecule has 3 aliphatic rings. The summed E-state index contributed by atoms with van der Waals surface area (Å²) in [5, 5.41) is 0. The molecule has 106 valence electrons. The number of likely N-dealkylation sites (tertiary alicyclic amines) is 1. The van der Waals surface area contributed by atoms with Gasteiger partial charge in [0.2, 0.25) is 0 Å². The maximum atomic E-state index is 12.1. The molecule has 19 heavy (non-hydrogen) atoms. The molecule has 0 radical (unpaired) electrons. The minimum atomic E-state index is -0.207. The highest BCUT2D eigenvalue weighted by molar-refractivity contribution is 5.84. The molecular formula is C15H23NO3. The Balaban J connectivity index is 1.82. The van der Waals surface area contributed by atoms with E-state index >= 15 is 0 Å². The van der Waals surface area contributed by atoms with Gasteiger partial charge in [-0.3, -0.25) is 4.79 Å². The average molecular weight is 265 g/mol. The highest BCUT2D eigenvalue weighted by Crippen LogP contribution is 2.47. The zero-order valence-electron chi connectivity index (χ0n) is 11.6. The summed E-state index contributed by atoms with van der Waals surface area (Å²) in [7, 11) is 0. The summed E-state index contributed by atoms with van der Waals surface area (Å²) in [4.78, 5) is 26.1. The van der Waals surface area contributed by atoms with Gasteiger partial charge in [0.15, 0.2) is 0 Å². The fourth-order valence-corrected chi connectivity index (χ4v) is 4.47. The first kappa shape index (κ1) is 12.9. The molecule has 1 aliphatic heterocycles. The van der Waals surface area contributed by atoms with Crippen LogP contribution in [0.15, 0.2) is 0 Å². The van der Waals surface area contributed by atoms with Crippen molar-refractivity contribution in [2.45, 2.75) is 51.5 Å². The van der Waals surface area contributed by atoms with Gasteiger partial charge in [-0.15, -0.1) is 0 Å². The third-order valence-electron chi connectivity index (χ3n) is 5.21. The second kappa shape index (κ2) is 5.14. The Bertz CT molecular complexity index is 382. The van der Waals surface area contributed by atoms with Crippen LogP contribution in [0.3, 0.4) is 0 Å². The molecule has 1 heterocycles. The number of carbonyl (C=O) groups excluding carboxylic acids is 2. The lowest BCUT2D eigenvalue weighted by Gasteiger charge is -2.31. The summed E-state index contributed by atoms with van der Waals surface area (Å²) in [6.45, 7) is 3.05. The van der Waals surface area contributed by atoms with Crippen molar-refractivity contribution in [1.29, 1.82) is 0 Å². The fraction of sp³-hybridized carbons (Fsp3) is 0.867. The van der Waals surface area contributed by atoms with Crippen molar-refractivity contribution in [2.24, 2.45) is 17.8 Å². The molecule has 0 aromatic rings. The van der Waals surface area contributed by atoms with Crippen LogP contribution in [0.5, 0.6) is 0 Å². The Morgan fingerprint density at radius 2 is 2.16 bits per heavy atom. The van der Waals surface area contributed by atoms with Crippen molar-refractivity contribution < 1.29 is 14.3 Å². The molecule has 4 atom stereocenters. The monoisotopic (exact) mass is 265 g/mol. The highest BCUT2D eigenvalue weighted by Gasteiger charge is 2.51. The third kappa shape index (κ3) is 2.15. The Morgan fingerprint density at radius 1 is 1.32 bits per heavy atom. The quantitative estimate of drug-likeness (QED) is 0.771. The van der Waals surface area contributed by atoms with Gasteiger partial charge in [0.1, 0.15) is 5.78 Å². The Kier molecular flexibility index (Phi) is 3.50. The second-order valence-corrected chi connectivity index (χ2v) is 6.16. The summed E-state index contributed by atoms with van der Waals surface area (Å²) in [6.07, 6.45) is 6.09. The van der Waals surface area contributed by atoms with Crippen LogP contribution < -0.4 is 0 Å². The van der Waals surface area contributed by atoms with Crippen LogP contribution in [-0.4, -0.2) is 36.0 Å². The molecule has 1 saturated heterocycles. The van der Waals surface area contributed by atoms with Gasteiger partial charge in [0.25, 0.3) is 0 Å². The van der Waals surface area contributed by atoms with Crippen LogP contribution in [-0.2, 0) is 9.53 Å². The fourth-order valence-electron chi connectivity index (χ4n) is 4.47. The minimum Gasteiger partial charge on any atom is -0.450 e. The van der Waals surface area contributed by atoms with Crippen LogP contribution in [0, 0.1) is 17.8 Å². The van der Waals surface area contributed by atoms with Gasteiger partial charge < -0.3 is 9.64 Å². The lowest BCUT2D eigenvalue weighted by molar-refractivity contribution is -0.122. The summed E-state index contributed by atoms with van der Waals surface area (Å²) in [5.41, 5.74) is 0. The maximum absolute atomic E-state index is 12.1. The number of Topliss-reactive ketones (excluding diaryl/α,β-unsaturated/α-hetero) is 1. The number of ketones is 1. The van der Waals surface area contributed by atoms with E-state index < -0.39 is 0 Å². The normalized spacial score (nSPS) is 37.7. The van der Waals surface area contributed by atoms with Gasteiger partial charge in [-0.05, 0) is 44.4 Å². The van der Waals surface area contributed by atoms with Gasteiger partial charge in [-0.25, -0.2) is 4.79 Å². The number of ether oxygens (including phenoxy) is 1. The molecular weight excluding hydrogens is 242 g/mol. The lowest BCUT2D eigenvalue weighted by Crippen LogP contribution is -2.44. The van der Waals surface area contributed by atoms with Crippen molar-refractivity contribution >= 4 is 11.9 Å². The number of hydrogen-bond acceptors (Lipinski definition) is 3. The highest BCUT2D eigenvalue weighted by atomic mass is 16.6. The van der Waals surface area contributed by atoms with Crippen LogP contribution >= 0.6 is 0 Å². The molecule has 0 bridgehead atoms. The van der Waals surface area contributed by atoms with Crippen molar-refractivity contribution in [1.82, 2.24) is 4.90 Å². The number of fused-ring (bicyclic) bond motifs is 1. The van der Waals surface area contributed by atoms with Crippen LogP contribution in [0.4, 0.5) is 4.79 Å². The third-order valence-corrected chi connectivity index (χ3v) is 5.21. The number of amides is 1. The smallest absolute Gasteiger partial charge is 0.410 e. The lowest BCUT2D eigenvalue weighted by atomic mass is 9.84. The molecule has 0 N–H and O–H groups in total. The number of carbonyl (C=O) groups is 2. The molecule has 0 aromatic heterocycles. The van der Waals surface area contributed by atoms with Gasteiger partial charge in [0, 0.05) is 24.9 Å². The molecule has 2 aliphatic carbocycles. The maximum Gasteiger partial charge on any atom is 0.410 e. The zero-order chi connectivity index (χ0) is 13.4. The summed E-state index contributed by atoms with van der Waals surface area (Å²) in [6, 6.07) is 0.126. The van der Waals surface area contributed by atoms with Gasteiger partial charge in [0.05, 0.1) is 6.61 Å². The molecule has 0 spiro atoms. The standard InChI is InChI=1S/C15H23NO3/c1-2-19-15(18)16-9-10-5-3-6-11(10)14(16)12-7-4-8-13(12)17/h10-12,14H,2-9H2,1H3. The van der Waals surface area contributed by atoms with Gasteiger partial charge in [-0.2, -0.15) is 0 Å². The molecule has 0 aromatic carbocycles. The Labute approximate surface area is 114 Å². The SMILES string of the molecule is CCOC(=O)N1CC2CCCC2C1C1CCCC1=O. The van der Waals surface area contributed by atoms with Crippen molar-refractivity contribution in [3.05, 3.63) is 0 Å². The summed E-state index contributed by atoms with van der Waals surface area (Å²) in [5.74, 6) is 1.59. The van der Waals surface area contributed by atoms with Crippen LogP contribution in [0.25, 0.3) is 0 Å². The van der Waals surface area contributed by atoms with Crippen molar-refractivity contribution in [3.63, 3.8) is 0 Å². The first-order chi connectivity index (χ1) is 9.22. The summed E-state index contributed by atoms with van der Waals surface area (Å²) < 4.78 is 5.19. The molecule has 4 unspecified atom stereocenters. The van der Waals surface area contributed by atoms with Gasteiger partial charge >= 0.3 is 6.09 Å². The Morgan fingerprint density at radius 3 is 2.84 bits per heavy atom. The van der Waals surface area contributed by atoms with E-state index in [-0.39, 0.29) is 18.1 Å². The number of hydrogen-bond donors (Lipinski definition) is 0. The first-order valence-electron chi connectivity index (χ1n) is 7.68. The first-order valence-corrected chi connectivity index (χ1v) is 7.68. The molecule has 1 amide bonds. The van der Waals surface area contributed by atoms with Crippen LogP contribution in [0.2, 0.25) is 0 Å². The Hall–Kier alpha value is -1.06. The number of rotatable bonds is 2. The molecule has 4 nitrogen and oxygen atoms in total. The van der Waals surface area contributed by atoms with E-state index in [1.54, 1.807) is 0 Å². The van der Waals surface area contributed by atoms with Crippen molar-refractivity contribution in [2.75, 3.05) is 13.2 Å². The summed E-state index contributed by atoms with van der Waals surface area (Å²) >= 11 is 0. The number of nitrogens with zero attached hydrogens (tertiary/aromatic N) is 1. The van der Waals surface area contributed by atoms with E-state index in [2.05, 4.69) is 0 Å². The van der Waals surface area contributed by atoms with E-state index in [9.17, 15) is 9.59 Å². The van der Waals surface area contributed by atoms with Gasteiger partial charge in [-0.1, -0.05) is 6.42 Å². The minimum absolute atomic E-state index is 0.0810. The predicted octanol–water partition coefficient (Wildman–Crippen LogP) is 2.61. The van der Waals surface area contributed by atoms with Crippen LogP contribution in [0.1, 0.15) is 45.4 Å². The largest absolute Gasteiger partial charge is 0.450 e. The topological polar surface area (TPSA) is 46.6 Å². The van der Waals surface area contributed by atoms with E-state index in [0.29, 0.717) is 30.6 Å². The molecule has 3 fully saturated rings. The van der Waals surface area contributed by atoms with E-state index in [1.165, 1.54) is 19.3 Å². The predicted molar refractivity (Wildman–Crippen MR) is 70.7 cm³/mol. The molecule has 2 saturated carbocycles. The molecule has 3 rings (SSSR count). The van der Waals surface area contributed by atoms with E-state index in [1.807, 2.05) is 11.8 Å².